The lowest BCUT2D eigenvalue weighted by atomic mass is 9.62. The summed E-state index contributed by atoms with van der Waals surface area (Å²) in [6.45, 7) is 15.7. The summed E-state index contributed by atoms with van der Waals surface area (Å²) in [7, 11) is 0. The Labute approximate surface area is 219 Å². The number of carbonyl (C=O) groups is 3. The van der Waals surface area contributed by atoms with Crippen LogP contribution < -0.4 is 0 Å². The van der Waals surface area contributed by atoms with Crippen LogP contribution in [0, 0.1) is 17.8 Å². The molecule has 37 heavy (non-hydrogen) atoms. The summed E-state index contributed by atoms with van der Waals surface area (Å²) in [5.41, 5.74) is -2.06. The van der Waals surface area contributed by atoms with Crippen molar-refractivity contribution in [3.8, 4) is 0 Å². The minimum absolute atomic E-state index is 0.0587. The number of aliphatic hydroxyl groups is 1. The van der Waals surface area contributed by atoms with E-state index in [1.54, 1.807) is 17.9 Å². The van der Waals surface area contributed by atoms with Gasteiger partial charge in [0.25, 0.3) is 0 Å². The molecule has 10 nitrogen and oxygen atoms in total. The molecule has 1 N–H and O–H groups in total. The van der Waals surface area contributed by atoms with Crippen LogP contribution in [-0.2, 0) is 28.6 Å². The summed E-state index contributed by atoms with van der Waals surface area (Å²) in [4.78, 5) is 47.3. The fourth-order valence-electron chi connectivity index (χ4n) is 7.06. The van der Waals surface area contributed by atoms with Crippen LogP contribution in [0.3, 0.4) is 0 Å². The number of ether oxygens (including phenoxy) is 3. The Hall–Kier alpha value is -2.01. The summed E-state index contributed by atoms with van der Waals surface area (Å²) in [6, 6.07) is -1.49. The van der Waals surface area contributed by atoms with Gasteiger partial charge in [-0.2, -0.15) is 0 Å². The second kappa shape index (κ2) is 11.0. The van der Waals surface area contributed by atoms with Gasteiger partial charge >= 0.3 is 5.97 Å². The Balaban J connectivity index is 1.72. The maximum absolute atomic E-state index is 14.4. The van der Waals surface area contributed by atoms with E-state index in [0.29, 0.717) is 45.7 Å². The van der Waals surface area contributed by atoms with Gasteiger partial charge in [-0.15, -0.1) is 6.58 Å². The van der Waals surface area contributed by atoms with E-state index in [2.05, 4.69) is 11.5 Å². The number of carbonyl (C=O) groups excluding carboxylic acids is 3. The SMILES string of the molecule is C=CCN(CCN1CCOCC1)C(=O)C1N([C@@H](CC)CO)C(=O)[C@@H]2[C@@H](C(=O)OCC)[C@]3(C)OC12CC3C. The minimum Gasteiger partial charge on any atom is -0.466 e. The van der Waals surface area contributed by atoms with Crippen LogP contribution in [0.2, 0.25) is 0 Å². The Morgan fingerprint density at radius 1 is 1.32 bits per heavy atom. The highest BCUT2D eigenvalue weighted by Crippen LogP contribution is 2.65. The summed E-state index contributed by atoms with van der Waals surface area (Å²) >= 11 is 0. The third-order valence-electron chi connectivity index (χ3n) is 9.05. The topological polar surface area (TPSA) is 109 Å². The number of hydrogen-bond acceptors (Lipinski definition) is 8. The monoisotopic (exact) mass is 521 g/mol. The Kier molecular flexibility index (Phi) is 8.33. The molecule has 0 aromatic heterocycles. The van der Waals surface area contributed by atoms with Crippen LogP contribution in [0.5, 0.6) is 0 Å². The van der Waals surface area contributed by atoms with Gasteiger partial charge in [-0.05, 0) is 32.6 Å². The molecule has 4 aliphatic rings. The van der Waals surface area contributed by atoms with E-state index in [-0.39, 0.29) is 30.9 Å². The summed E-state index contributed by atoms with van der Waals surface area (Å²) < 4.78 is 17.6. The zero-order chi connectivity index (χ0) is 27.0. The Morgan fingerprint density at radius 3 is 2.62 bits per heavy atom. The number of fused-ring (bicyclic) bond motifs is 1. The zero-order valence-corrected chi connectivity index (χ0v) is 22.7. The molecule has 208 valence electrons. The molecule has 3 unspecified atom stereocenters. The highest BCUT2D eigenvalue weighted by atomic mass is 16.6. The summed E-state index contributed by atoms with van der Waals surface area (Å²) in [6.07, 6.45) is 2.64. The van der Waals surface area contributed by atoms with Crippen molar-refractivity contribution in [3.63, 3.8) is 0 Å². The smallest absolute Gasteiger partial charge is 0.312 e. The molecule has 4 heterocycles. The number of morpholine rings is 1. The Bertz CT molecular complexity index is 889. The lowest BCUT2D eigenvalue weighted by Crippen LogP contribution is -2.59. The van der Waals surface area contributed by atoms with E-state index < -0.39 is 41.1 Å². The van der Waals surface area contributed by atoms with Crippen molar-refractivity contribution in [3.05, 3.63) is 12.7 Å². The maximum atomic E-state index is 14.4. The van der Waals surface area contributed by atoms with Crippen molar-refractivity contribution < 1.29 is 33.7 Å². The predicted octanol–water partition coefficient (Wildman–Crippen LogP) is 0.678. The van der Waals surface area contributed by atoms with Gasteiger partial charge in [0, 0.05) is 32.7 Å². The highest BCUT2D eigenvalue weighted by Gasteiger charge is 2.80. The highest BCUT2D eigenvalue weighted by molar-refractivity contribution is 5.98. The van der Waals surface area contributed by atoms with Crippen LogP contribution in [-0.4, -0.2) is 120 Å². The summed E-state index contributed by atoms with van der Waals surface area (Å²) in [5, 5.41) is 10.2. The van der Waals surface area contributed by atoms with Gasteiger partial charge in [0.2, 0.25) is 11.8 Å². The van der Waals surface area contributed by atoms with Gasteiger partial charge in [0.05, 0.1) is 44.0 Å². The number of aliphatic hydroxyl groups excluding tert-OH is 1. The van der Waals surface area contributed by atoms with Crippen LogP contribution in [0.15, 0.2) is 12.7 Å². The second-order valence-electron chi connectivity index (χ2n) is 11.0. The number of esters is 1. The van der Waals surface area contributed by atoms with Gasteiger partial charge in [0.1, 0.15) is 17.6 Å². The molecule has 0 aromatic carbocycles. The van der Waals surface area contributed by atoms with E-state index in [9.17, 15) is 19.5 Å². The van der Waals surface area contributed by atoms with E-state index >= 15 is 0 Å². The first kappa shape index (κ1) is 28.0. The standard InChI is InChI=1S/C27H43N3O7/c1-6-9-29(11-10-28-12-14-35-15-13-28)24(33)22-27-16-18(4)26(5,37-27)21(25(34)36-8-3)20(27)23(32)30(22)19(7-2)17-31/h6,18-22,31H,1,7-17H2,2-5H3/t18?,19-,20-,21-,22?,26+,27?/m0/s1. The largest absolute Gasteiger partial charge is 0.466 e. The number of hydrogen-bond donors (Lipinski definition) is 1. The average molecular weight is 522 g/mol. The predicted molar refractivity (Wildman–Crippen MR) is 135 cm³/mol. The van der Waals surface area contributed by atoms with Crippen molar-refractivity contribution in [1.29, 1.82) is 0 Å². The van der Waals surface area contributed by atoms with Crippen LogP contribution in [0.1, 0.15) is 40.5 Å². The average Bonchev–Trinajstić information content (AvgIpc) is 3.40. The normalized spacial score (nSPS) is 35.9. The second-order valence-corrected chi connectivity index (χ2v) is 11.0. The first-order chi connectivity index (χ1) is 17.7. The third kappa shape index (κ3) is 4.49. The van der Waals surface area contributed by atoms with Crippen molar-refractivity contribution in [1.82, 2.24) is 14.7 Å². The van der Waals surface area contributed by atoms with E-state index in [0.717, 1.165) is 13.1 Å². The van der Waals surface area contributed by atoms with Crippen molar-refractivity contribution in [2.75, 3.05) is 59.2 Å². The van der Waals surface area contributed by atoms with Gasteiger partial charge in [-0.1, -0.05) is 19.9 Å². The summed E-state index contributed by atoms with van der Waals surface area (Å²) in [5.74, 6) is -2.68. The molecule has 4 saturated heterocycles. The molecular weight excluding hydrogens is 478 g/mol. The van der Waals surface area contributed by atoms with Gasteiger partial charge < -0.3 is 29.1 Å². The zero-order valence-electron chi connectivity index (χ0n) is 22.7. The molecule has 1 spiro atoms. The quantitative estimate of drug-likeness (QED) is 0.312. The van der Waals surface area contributed by atoms with Gasteiger partial charge in [0.15, 0.2) is 0 Å². The molecule has 0 aromatic rings. The van der Waals surface area contributed by atoms with Crippen LogP contribution in [0.25, 0.3) is 0 Å². The van der Waals surface area contributed by atoms with Crippen LogP contribution >= 0.6 is 0 Å². The molecule has 0 saturated carbocycles. The molecule has 4 fully saturated rings. The molecule has 0 radical (unpaired) electrons. The fraction of sp³-hybridized carbons (Fsp3) is 0.815. The van der Waals surface area contributed by atoms with Crippen molar-refractivity contribution >= 4 is 17.8 Å². The first-order valence-corrected chi connectivity index (χ1v) is 13.7. The van der Waals surface area contributed by atoms with Crippen molar-refractivity contribution in [2.24, 2.45) is 17.8 Å². The number of nitrogens with zero attached hydrogens (tertiary/aromatic N) is 3. The lowest BCUT2D eigenvalue weighted by Gasteiger charge is -2.40. The molecule has 4 aliphatic heterocycles. The fourth-order valence-corrected chi connectivity index (χ4v) is 7.06. The third-order valence-corrected chi connectivity index (χ3v) is 9.05. The van der Waals surface area contributed by atoms with E-state index in [1.807, 2.05) is 20.8 Å². The molecule has 2 bridgehead atoms. The number of rotatable bonds is 11. The van der Waals surface area contributed by atoms with Gasteiger partial charge in [-0.25, -0.2) is 0 Å². The molecule has 0 aliphatic carbocycles. The number of likely N-dealkylation sites (tertiary alicyclic amines) is 1. The molecule has 10 heteroatoms. The first-order valence-electron chi connectivity index (χ1n) is 13.7. The molecular formula is C27H43N3O7. The van der Waals surface area contributed by atoms with E-state index in [1.165, 1.54) is 4.90 Å². The van der Waals surface area contributed by atoms with Crippen molar-refractivity contribution in [2.45, 2.75) is 63.8 Å². The molecule has 2 amide bonds. The maximum Gasteiger partial charge on any atom is 0.312 e. The molecule has 7 atom stereocenters. The van der Waals surface area contributed by atoms with E-state index in [4.69, 9.17) is 14.2 Å². The Morgan fingerprint density at radius 2 is 2.03 bits per heavy atom. The lowest BCUT2D eigenvalue weighted by molar-refractivity contribution is -0.163. The number of amides is 2. The van der Waals surface area contributed by atoms with Gasteiger partial charge in [-0.3, -0.25) is 19.3 Å². The molecule has 4 rings (SSSR count). The minimum atomic E-state index is -1.15. The van der Waals surface area contributed by atoms with Crippen LogP contribution in [0.4, 0.5) is 0 Å².